The van der Waals surface area contributed by atoms with E-state index in [2.05, 4.69) is 10.0 Å². The first-order chi connectivity index (χ1) is 9.56. The van der Waals surface area contributed by atoms with Crippen LogP contribution in [-0.4, -0.2) is 52.3 Å². The van der Waals surface area contributed by atoms with Crippen LogP contribution in [0.25, 0.3) is 0 Å². The van der Waals surface area contributed by atoms with Crippen molar-refractivity contribution in [2.24, 2.45) is 0 Å². The molecule has 0 aliphatic rings. The largest absolute Gasteiger partial charge is 0.394 e. The lowest BCUT2D eigenvalue weighted by Gasteiger charge is -2.08. The van der Waals surface area contributed by atoms with Gasteiger partial charge < -0.3 is 15.2 Å². The van der Waals surface area contributed by atoms with Gasteiger partial charge in [0.2, 0.25) is 15.9 Å². The SMILES string of the molecule is O=C(CNS(=O)(=O)c1ccccc1)NCCOCCO. The number of rotatable bonds is 9. The number of nitrogens with one attached hydrogen (secondary N) is 2. The summed E-state index contributed by atoms with van der Waals surface area (Å²) in [5.74, 6) is -0.447. The quantitative estimate of drug-likeness (QED) is 0.512. The zero-order valence-corrected chi connectivity index (χ0v) is 11.7. The Labute approximate surface area is 118 Å². The Morgan fingerprint density at radius 1 is 1.20 bits per heavy atom. The predicted octanol–water partition coefficient (Wildman–Crippen LogP) is -0.910. The molecule has 0 aromatic heterocycles. The standard InChI is InChI=1S/C12H18N2O5S/c15-7-9-19-8-6-13-12(16)10-14-20(17,18)11-4-2-1-3-5-11/h1-5,14-15H,6-10H2,(H,13,16). The average Bonchev–Trinajstić information content (AvgIpc) is 2.46. The first kappa shape index (κ1) is 16.6. The van der Waals surface area contributed by atoms with Crippen LogP contribution in [0, 0.1) is 0 Å². The van der Waals surface area contributed by atoms with Crippen molar-refractivity contribution in [3.05, 3.63) is 30.3 Å². The molecule has 0 aliphatic carbocycles. The van der Waals surface area contributed by atoms with E-state index in [-0.39, 0.29) is 37.8 Å². The molecule has 0 aliphatic heterocycles. The van der Waals surface area contributed by atoms with Crippen LogP contribution in [0.5, 0.6) is 0 Å². The minimum Gasteiger partial charge on any atom is -0.394 e. The van der Waals surface area contributed by atoms with Gasteiger partial charge in [0.05, 0.1) is 31.3 Å². The summed E-state index contributed by atoms with van der Waals surface area (Å²) in [6.07, 6.45) is 0. The van der Waals surface area contributed by atoms with Gasteiger partial charge in [0, 0.05) is 6.54 Å². The lowest BCUT2D eigenvalue weighted by Crippen LogP contribution is -2.38. The molecule has 0 bridgehead atoms. The molecule has 8 heteroatoms. The van der Waals surface area contributed by atoms with Crippen LogP contribution in [0.2, 0.25) is 0 Å². The Kier molecular flexibility index (Phi) is 7.16. The molecule has 112 valence electrons. The topological polar surface area (TPSA) is 105 Å². The monoisotopic (exact) mass is 302 g/mol. The molecule has 0 spiro atoms. The Hall–Kier alpha value is -1.48. The summed E-state index contributed by atoms with van der Waals surface area (Å²) in [7, 11) is -3.67. The van der Waals surface area contributed by atoms with E-state index in [1.165, 1.54) is 12.1 Å². The van der Waals surface area contributed by atoms with E-state index >= 15 is 0 Å². The number of carbonyl (C=O) groups is 1. The predicted molar refractivity (Wildman–Crippen MR) is 72.5 cm³/mol. The summed E-state index contributed by atoms with van der Waals surface area (Å²) < 4.78 is 30.8. The van der Waals surface area contributed by atoms with Gasteiger partial charge in [-0.1, -0.05) is 18.2 Å². The summed E-state index contributed by atoms with van der Waals surface area (Å²) in [5, 5.41) is 11.0. The van der Waals surface area contributed by atoms with Crippen molar-refractivity contribution in [2.45, 2.75) is 4.90 Å². The average molecular weight is 302 g/mol. The van der Waals surface area contributed by atoms with Crippen molar-refractivity contribution in [3.63, 3.8) is 0 Å². The Morgan fingerprint density at radius 3 is 2.55 bits per heavy atom. The maximum absolute atomic E-state index is 11.8. The molecule has 0 fully saturated rings. The molecule has 0 unspecified atom stereocenters. The van der Waals surface area contributed by atoms with Gasteiger partial charge in [0.25, 0.3) is 0 Å². The van der Waals surface area contributed by atoms with E-state index in [0.717, 1.165) is 0 Å². The van der Waals surface area contributed by atoms with Crippen molar-refractivity contribution >= 4 is 15.9 Å². The van der Waals surface area contributed by atoms with Crippen LogP contribution in [0.15, 0.2) is 35.2 Å². The maximum Gasteiger partial charge on any atom is 0.241 e. The normalized spacial score (nSPS) is 11.2. The first-order valence-electron chi connectivity index (χ1n) is 6.06. The van der Waals surface area contributed by atoms with E-state index in [0.29, 0.717) is 0 Å². The maximum atomic E-state index is 11.8. The third-order valence-corrected chi connectivity index (χ3v) is 3.70. The number of benzene rings is 1. The van der Waals surface area contributed by atoms with E-state index in [9.17, 15) is 13.2 Å². The molecule has 0 radical (unpaired) electrons. The number of carbonyl (C=O) groups excluding carboxylic acids is 1. The van der Waals surface area contributed by atoms with Crippen molar-refractivity contribution in [3.8, 4) is 0 Å². The molecule has 0 saturated carbocycles. The number of aliphatic hydroxyl groups excluding tert-OH is 1. The van der Waals surface area contributed by atoms with Crippen LogP contribution >= 0.6 is 0 Å². The van der Waals surface area contributed by atoms with Crippen LogP contribution in [0.4, 0.5) is 0 Å². The number of hydrogen-bond acceptors (Lipinski definition) is 5. The minimum atomic E-state index is -3.67. The summed E-state index contributed by atoms with van der Waals surface area (Å²) >= 11 is 0. The highest BCUT2D eigenvalue weighted by atomic mass is 32.2. The number of hydrogen-bond donors (Lipinski definition) is 3. The van der Waals surface area contributed by atoms with Crippen molar-refractivity contribution < 1.29 is 23.1 Å². The molecule has 0 heterocycles. The number of aliphatic hydroxyl groups is 1. The molecule has 1 aromatic carbocycles. The van der Waals surface area contributed by atoms with E-state index in [1.54, 1.807) is 18.2 Å². The third-order valence-electron chi connectivity index (χ3n) is 2.28. The van der Waals surface area contributed by atoms with E-state index in [4.69, 9.17) is 9.84 Å². The molecule has 7 nitrogen and oxygen atoms in total. The van der Waals surface area contributed by atoms with Gasteiger partial charge in [-0.2, -0.15) is 0 Å². The minimum absolute atomic E-state index is 0.0786. The second-order valence-corrected chi connectivity index (χ2v) is 5.59. The second kappa shape index (κ2) is 8.64. The lowest BCUT2D eigenvalue weighted by atomic mass is 10.4. The highest BCUT2D eigenvalue weighted by Crippen LogP contribution is 2.06. The van der Waals surface area contributed by atoms with Crippen molar-refractivity contribution in [1.29, 1.82) is 0 Å². The molecular formula is C12H18N2O5S. The Balaban J connectivity index is 2.30. The van der Waals surface area contributed by atoms with Gasteiger partial charge in [-0.05, 0) is 12.1 Å². The molecule has 1 aromatic rings. The fourth-order valence-corrected chi connectivity index (χ4v) is 2.34. The number of sulfonamides is 1. The van der Waals surface area contributed by atoms with Crippen molar-refractivity contribution in [2.75, 3.05) is 32.9 Å². The van der Waals surface area contributed by atoms with Gasteiger partial charge in [-0.25, -0.2) is 13.1 Å². The summed E-state index contributed by atoms with van der Waals surface area (Å²) in [6, 6.07) is 7.81. The number of ether oxygens (including phenoxy) is 1. The van der Waals surface area contributed by atoms with Gasteiger partial charge in [-0.3, -0.25) is 4.79 Å². The first-order valence-corrected chi connectivity index (χ1v) is 7.54. The van der Waals surface area contributed by atoms with E-state index in [1.807, 2.05) is 0 Å². The van der Waals surface area contributed by atoms with Gasteiger partial charge in [0.15, 0.2) is 0 Å². The zero-order valence-electron chi connectivity index (χ0n) is 10.9. The second-order valence-electron chi connectivity index (χ2n) is 3.82. The molecule has 3 N–H and O–H groups in total. The molecule has 1 rings (SSSR count). The smallest absolute Gasteiger partial charge is 0.241 e. The molecular weight excluding hydrogens is 284 g/mol. The fourth-order valence-electron chi connectivity index (χ4n) is 1.34. The highest BCUT2D eigenvalue weighted by molar-refractivity contribution is 7.89. The Morgan fingerprint density at radius 2 is 1.90 bits per heavy atom. The van der Waals surface area contributed by atoms with E-state index < -0.39 is 15.9 Å². The van der Waals surface area contributed by atoms with Gasteiger partial charge >= 0.3 is 0 Å². The van der Waals surface area contributed by atoms with Crippen LogP contribution in [-0.2, 0) is 19.6 Å². The summed E-state index contributed by atoms with van der Waals surface area (Å²) in [5.41, 5.74) is 0. The van der Waals surface area contributed by atoms with Crippen LogP contribution in [0.3, 0.4) is 0 Å². The number of amides is 1. The molecule has 0 atom stereocenters. The molecule has 20 heavy (non-hydrogen) atoms. The molecule has 1 amide bonds. The van der Waals surface area contributed by atoms with Crippen LogP contribution in [0.1, 0.15) is 0 Å². The fraction of sp³-hybridized carbons (Fsp3) is 0.417. The lowest BCUT2D eigenvalue weighted by molar-refractivity contribution is -0.120. The van der Waals surface area contributed by atoms with Gasteiger partial charge in [-0.15, -0.1) is 0 Å². The van der Waals surface area contributed by atoms with Crippen LogP contribution < -0.4 is 10.0 Å². The Bertz CT molecular complexity index is 504. The highest BCUT2D eigenvalue weighted by Gasteiger charge is 2.14. The summed E-state index contributed by atoms with van der Waals surface area (Å²) in [6.45, 7) is 0.308. The van der Waals surface area contributed by atoms with Gasteiger partial charge in [0.1, 0.15) is 0 Å². The van der Waals surface area contributed by atoms with Crippen molar-refractivity contribution in [1.82, 2.24) is 10.0 Å². The summed E-state index contributed by atoms with van der Waals surface area (Å²) in [4.78, 5) is 11.5. The molecule has 0 saturated heterocycles. The third kappa shape index (κ3) is 6.11. The zero-order chi connectivity index (χ0) is 14.8.